The van der Waals surface area contributed by atoms with Gasteiger partial charge >= 0.3 is 0 Å². The van der Waals surface area contributed by atoms with Crippen LogP contribution in [0.4, 0.5) is 0 Å². The Kier molecular flexibility index (Phi) is 5.65. The number of aromatic nitrogens is 3. The van der Waals surface area contributed by atoms with Gasteiger partial charge in [0, 0.05) is 31.1 Å². The number of H-pyrrole nitrogens is 1. The fraction of sp³-hybridized carbons (Fsp3) is 0.318. The summed E-state index contributed by atoms with van der Waals surface area (Å²) in [5.41, 5.74) is 1.26. The van der Waals surface area contributed by atoms with Crippen molar-refractivity contribution in [2.45, 2.75) is 25.3 Å². The molecule has 1 aliphatic rings. The topological polar surface area (TPSA) is 112 Å². The molecule has 4 heterocycles. The summed E-state index contributed by atoms with van der Waals surface area (Å²) in [6.07, 6.45) is 0. The number of rotatable bonds is 5. The predicted octanol–water partition coefficient (Wildman–Crippen LogP) is 2.76. The first-order chi connectivity index (χ1) is 15.8. The van der Waals surface area contributed by atoms with Gasteiger partial charge in [-0.1, -0.05) is 35.5 Å². The van der Waals surface area contributed by atoms with E-state index in [1.54, 1.807) is 13.8 Å². The summed E-state index contributed by atoms with van der Waals surface area (Å²) < 4.78 is 32.5. The average molecular weight is 486 g/mol. The molecule has 3 aromatic heterocycles. The number of thiophene rings is 1. The molecule has 1 fully saturated rings. The second-order valence-corrected chi connectivity index (χ2v) is 10.9. The van der Waals surface area contributed by atoms with Crippen LogP contribution in [0.25, 0.3) is 20.7 Å². The van der Waals surface area contributed by atoms with Crippen LogP contribution in [0.3, 0.4) is 0 Å². The lowest BCUT2D eigenvalue weighted by Gasteiger charge is -2.33. The molecule has 9 nitrogen and oxygen atoms in total. The standard InChI is InChI=1S/C22H23N5O4S2/c1-14-20(15(2)31-25-14)33(29,30)27-10-8-26(9-11-27)13-19-23-21(28)17-12-18(32-22(17)24-19)16-6-4-3-5-7-16/h3-7,12H,8-11,13H2,1-2H3,(H,23,24,28). The Labute approximate surface area is 194 Å². The first-order valence-electron chi connectivity index (χ1n) is 10.6. The van der Waals surface area contributed by atoms with Crippen molar-refractivity contribution in [2.75, 3.05) is 26.2 Å². The van der Waals surface area contributed by atoms with Crippen molar-refractivity contribution in [3.63, 3.8) is 0 Å². The van der Waals surface area contributed by atoms with Gasteiger partial charge in [0.05, 0.1) is 11.9 Å². The van der Waals surface area contributed by atoms with Gasteiger partial charge in [0.25, 0.3) is 5.56 Å². The van der Waals surface area contributed by atoms with Gasteiger partial charge in [0.2, 0.25) is 10.0 Å². The van der Waals surface area contributed by atoms with Crippen molar-refractivity contribution >= 4 is 31.6 Å². The molecule has 0 aliphatic carbocycles. The van der Waals surface area contributed by atoms with Crippen LogP contribution in [0.15, 0.2) is 50.6 Å². The highest BCUT2D eigenvalue weighted by molar-refractivity contribution is 7.89. The Bertz CT molecular complexity index is 1450. The van der Waals surface area contributed by atoms with E-state index in [9.17, 15) is 13.2 Å². The van der Waals surface area contributed by atoms with Gasteiger partial charge in [-0.05, 0) is 25.5 Å². The zero-order valence-electron chi connectivity index (χ0n) is 18.2. The molecular weight excluding hydrogens is 462 g/mol. The van der Waals surface area contributed by atoms with Crippen molar-refractivity contribution in [3.05, 3.63) is 64.0 Å². The summed E-state index contributed by atoms with van der Waals surface area (Å²) in [4.78, 5) is 24.2. The van der Waals surface area contributed by atoms with Crippen molar-refractivity contribution in [1.82, 2.24) is 24.3 Å². The van der Waals surface area contributed by atoms with E-state index in [-0.39, 0.29) is 10.5 Å². The number of fused-ring (bicyclic) bond motifs is 1. The molecule has 0 atom stereocenters. The van der Waals surface area contributed by atoms with Gasteiger partial charge in [-0.15, -0.1) is 11.3 Å². The maximum absolute atomic E-state index is 13.0. The van der Waals surface area contributed by atoms with Crippen molar-refractivity contribution < 1.29 is 12.9 Å². The minimum atomic E-state index is -3.66. The molecule has 0 saturated carbocycles. The Balaban J connectivity index is 1.31. The number of hydrogen-bond acceptors (Lipinski definition) is 8. The van der Waals surface area contributed by atoms with Crippen molar-refractivity contribution in [3.8, 4) is 10.4 Å². The average Bonchev–Trinajstić information content (AvgIpc) is 3.38. The number of aromatic amines is 1. The quantitative estimate of drug-likeness (QED) is 0.462. The van der Waals surface area contributed by atoms with E-state index in [0.29, 0.717) is 60.2 Å². The molecule has 5 rings (SSSR count). The van der Waals surface area contributed by atoms with E-state index >= 15 is 0 Å². The summed E-state index contributed by atoms with van der Waals surface area (Å²) >= 11 is 1.49. The number of hydrogen-bond donors (Lipinski definition) is 1. The molecule has 0 amide bonds. The van der Waals surface area contributed by atoms with Gasteiger partial charge in [-0.3, -0.25) is 9.69 Å². The molecule has 1 saturated heterocycles. The van der Waals surface area contributed by atoms with Gasteiger partial charge in [0.1, 0.15) is 21.2 Å². The molecular formula is C22H23N5O4S2. The number of piperazine rings is 1. The van der Waals surface area contributed by atoms with Crippen molar-refractivity contribution in [1.29, 1.82) is 0 Å². The number of nitrogens with one attached hydrogen (secondary N) is 1. The Morgan fingerprint density at radius 2 is 1.85 bits per heavy atom. The lowest BCUT2D eigenvalue weighted by molar-refractivity contribution is 0.178. The maximum Gasteiger partial charge on any atom is 0.259 e. The van der Waals surface area contributed by atoms with Crippen LogP contribution in [-0.4, -0.2) is 58.9 Å². The normalized spacial score (nSPS) is 15.9. The molecule has 4 aromatic rings. The smallest absolute Gasteiger partial charge is 0.259 e. The molecule has 0 bridgehead atoms. The molecule has 1 aliphatic heterocycles. The molecule has 1 aromatic carbocycles. The first-order valence-corrected chi connectivity index (χ1v) is 12.8. The molecule has 0 radical (unpaired) electrons. The van der Waals surface area contributed by atoms with Crippen LogP contribution in [0.1, 0.15) is 17.3 Å². The highest BCUT2D eigenvalue weighted by Gasteiger charge is 2.33. The molecule has 33 heavy (non-hydrogen) atoms. The molecule has 172 valence electrons. The van der Waals surface area contributed by atoms with Crippen LogP contribution in [0.2, 0.25) is 0 Å². The second-order valence-electron chi connectivity index (χ2n) is 8.04. The predicted molar refractivity (Wildman–Crippen MR) is 126 cm³/mol. The largest absolute Gasteiger partial charge is 0.360 e. The third-order valence-corrected chi connectivity index (χ3v) is 9.00. The first kappa shape index (κ1) is 22.0. The number of benzene rings is 1. The zero-order chi connectivity index (χ0) is 23.2. The van der Waals surface area contributed by atoms with Gasteiger partial charge in [-0.2, -0.15) is 4.31 Å². The monoisotopic (exact) mass is 485 g/mol. The summed E-state index contributed by atoms with van der Waals surface area (Å²) in [6, 6.07) is 11.8. The fourth-order valence-corrected chi connectivity index (χ4v) is 6.88. The minimum absolute atomic E-state index is 0.152. The third-order valence-electron chi connectivity index (χ3n) is 5.78. The Hall–Kier alpha value is -2.86. The maximum atomic E-state index is 13.0. The van der Waals surface area contributed by atoms with Crippen molar-refractivity contribution in [2.24, 2.45) is 0 Å². The van der Waals surface area contributed by atoms with E-state index in [4.69, 9.17) is 4.52 Å². The van der Waals surface area contributed by atoms with E-state index in [2.05, 4.69) is 20.0 Å². The minimum Gasteiger partial charge on any atom is -0.360 e. The molecule has 0 spiro atoms. The Morgan fingerprint density at radius 1 is 1.12 bits per heavy atom. The van der Waals surface area contributed by atoms with Crippen LogP contribution in [0, 0.1) is 13.8 Å². The number of sulfonamides is 1. The Morgan fingerprint density at radius 3 is 2.52 bits per heavy atom. The van der Waals surface area contributed by atoms with Crippen LogP contribution in [0.5, 0.6) is 0 Å². The van der Waals surface area contributed by atoms with Crippen LogP contribution >= 0.6 is 11.3 Å². The molecule has 11 heteroatoms. The highest BCUT2D eigenvalue weighted by atomic mass is 32.2. The number of aryl methyl sites for hydroxylation is 2. The summed E-state index contributed by atoms with van der Waals surface area (Å²) in [5.74, 6) is 0.881. The number of nitrogens with zero attached hydrogens (tertiary/aromatic N) is 4. The SMILES string of the molecule is Cc1noc(C)c1S(=O)(=O)N1CCN(Cc2nc3sc(-c4ccccc4)cc3c(=O)[nH]2)CC1. The lowest BCUT2D eigenvalue weighted by Crippen LogP contribution is -2.48. The zero-order valence-corrected chi connectivity index (χ0v) is 19.9. The molecule has 1 N–H and O–H groups in total. The van der Waals surface area contributed by atoms with E-state index < -0.39 is 10.0 Å². The lowest BCUT2D eigenvalue weighted by atomic mass is 10.2. The summed E-state index contributed by atoms with van der Waals surface area (Å²) in [5, 5.41) is 4.35. The fourth-order valence-electron chi connectivity index (χ4n) is 4.11. The summed E-state index contributed by atoms with van der Waals surface area (Å²) in [7, 11) is -3.66. The van der Waals surface area contributed by atoms with Gasteiger partial charge in [-0.25, -0.2) is 13.4 Å². The van der Waals surface area contributed by atoms with Gasteiger partial charge < -0.3 is 9.51 Å². The third kappa shape index (κ3) is 4.12. The summed E-state index contributed by atoms with van der Waals surface area (Å²) in [6.45, 7) is 5.43. The molecule has 0 unspecified atom stereocenters. The van der Waals surface area contributed by atoms with E-state index in [1.165, 1.54) is 15.6 Å². The van der Waals surface area contributed by atoms with Crippen LogP contribution < -0.4 is 5.56 Å². The van der Waals surface area contributed by atoms with Crippen LogP contribution in [-0.2, 0) is 16.6 Å². The van der Waals surface area contributed by atoms with E-state index in [1.807, 2.05) is 36.4 Å². The second kappa shape index (κ2) is 8.49. The highest BCUT2D eigenvalue weighted by Crippen LogP contribution is 2.31. The van der Waals surface area contributed by atoms with Gasteiger partial charge in [0.15, 0.2) is 5.76 Å². The van der Waals surface area contributed by atoms with E-state index in [0.717, 1.165) is 10.4 Å².